The van der Waals surface area contributed by atoms with Crippen LogP contribution in [0.5, 0.6) is 0 Å². The third kappa shape index (κ3) is 3.94. The number of hydrogen-bond acceptors (Lipinski definition) is 1. The molecule has 0 saturated carbocycles. The van der Waals surface area contributed by atoms with Gasteiger partial charge in [0.15, 0.2) is 0 Å². The van der Waals surface area contributed by atoms with Crippen LogP contribution in [0.1, 0.15) is 28.9 Å². The largest absolute Gasteiger partial charge is 0.346 e. The minimum Gasteiger partial charge on any atom is -0.346 e. The molecular formula is C15H13ClINO. The Morgan fingerprint density at radius 3 is 2.63 bits per heavy atom. The second kappa shape index (κ2) is 6.39. The maximum atomic E-state index is 12.1. The molecule has 0 aliphatic carbocycles. The van der Waals surface area contributed by atoms with Gasteiger partial charge in [-0.05, 0) is 65.4 Å². The van der Waals surface area contributed by atoms with Crippen molar-refractivity contribution in [2.75, 3.05) is 0 Å². The molecule has 1 atom stereocenters. The second-order valence-electron chi connectivity index (χ2n) is 4.26. The first kappa shape index (κ1) is 14.3. The Morgan fingerprint density at radius 2 is 1.95 bits per heavy atom. The molecule has 1 unspecified atom stereocenters. The SMILES string of the molecule is CC(NC(=O)c1cccc(I)c1)c1cccc(Cl)c1. The van der Waals surface area contributed by atoms with Gasteiger partial charge in [0, 0.05) is 14.2 Å². The van der Waals surface area contributed by atoms with Gasteiger partial charge in [-0.3, -0.25) is 4.79 Å². The number of carbonyl (C=O) groups is 1. The molecule has 0 radical (unpaired) electrons. The fraction of sp³-hybridized carbons (Fsp3) is 0.133. The average Bonchev–Trinajstić information content (AvgIpc) is 2.38. The Hall–Kier alpha value is -1.07. The zero-order valence-electron chi connectivity index (χ0n) is 10.4. The van der Waals surface area contributed by atoms with Crippen LogP contribution in [-0.4, -0.2) is 5.91 Å². The standard InChI is InChI=1S/C15H13ClINO/c1-10(11-4-2-6-13(16)8-11)18-15(19)12-5-3-7-14(17)9-12/h2-10H,1H3,(H,18,19). The summed E-state index contributed by atoms with van der Waals surface area (Å²) in [4.78, 5) is 12.1. The predicted molar refractivity (Wildman–Crippen MR) is 86.5 cm³/mol. The van der Waals surface area contributed by atoms with E-state index < -0.39 is 0 Å². The van der Waals surface area contributed by atoms with Crippen LogP contribution in [0.15, 0.2) is 48.5 Å². The number of halogens is 2. The fourth-order valence-electron chi connectivity index (χ4n) is 1.77. The topological polar surface area (TPSA) is 29.1 Å². The molecule has 0 heterocycles. The Balaban J connectivity index is 2.11. The lowest BCUT2D eigenvalue weighted by molar-refractivity contribution is 0.0940. The second-order valence-corrected chi connectivity index (χ2v) is 5.94. The Kier molecular flexibility index (Phi) is 4.82. The first-order chi connectivity index (χ1) is 9.06. The highest BCUT2D eigenvalue weighted by molar-refractivity contribution is 14.1. The summed E-state index contributed by atoms with van der Waals surface area (Å²) in [5.41, 5.74) is 1.66. The molecule has 2 aromatic carbocycles. The van der Waals surface area contributed by atoms with Gasteiger partial charge in [0.1, 0.15) is 0 Å². The van der Waals surface area contributed by atoms with E-state index in [1.54, 1.807) is 0 Å². The molecular weight excluding hydrogens is 373 g/mol. The summed E-state index contributed by atoms with van der Waals surface area (Å²) in [5, 5.41) is 3.64. The van der Waals surface area contributed by atoms with E-state index >= 15 is 0 Å². The molecule has 2 nitrogen and oxygen atoms in total. The van der Waals surface area contributed by atoms with E-state index in [-0.39, 0.29) is 11.9 Å². The lowest BCUT2D eigenvalue weighted by Gasteiger charge is -2.14. The molecule has 0 fully saturated rings. The van der Waals surface area contributed by atoms with Crippen LogP contribution in [0.25, 0.3) is 0 Å². The van der Waals surface area contributed by atoms with E-state index in [9.17, 15) is 4.79 Å². The number of hydrogen-bond donors (Lipinski definition) is 1. The van der Waals surface area contributed by atoms with Gasteiger partial charge in [0.05, 0.1) is 6.04 Å². The fourth-order valence-corrected chi connectivity index (χ4v) is 2.51. The Bertz CT molecular complexity index is 600. The van der Waals surface area contributed by atoms with Gasteiger partial charge in [-0.25, -0.2) is 0 Å². The van der Waals surface area contributed by atoms with E-state index in [4.69, 9.17) is 11.6 Å². The highest BCUT2D eigenvalue weighted by atomic mass is 127. The summed E-state index contributed by atoms with van der Waals surface area (Å²) in [7, 11) is 0. The maximum Gasteiger partial charge on any atom is 0.251 e. The van der Waals surface area contributed by atoms with Crippen LogP contribution >= 0.6 is 34.2 Å². The molecule has 1 N–H and O–H groups in total. The van der Waals surface area contributed by atoms with E-state index in [2.05, 4.69) is 27.9 Å². The number of rotatable bonds is 3. The molecule has 0 saturated heterocycles. The van der Waals surface area contributed by atoms with Gasteiger partial charge < -0.3 is 5.32 Å². The molecule has 4 heteroatoms. The van der Waals surface area contributed by atoms with Gasteiger partial charge in [0.25, 0.3) is 5.91 Å². The van der Waals surface area contributed by atoms with Gasteiger partial charge in [0.2, 0.25) is 0 Å². The van der Waals surface area contributed by atoms with E-state index in [1.165, 1.54) is 0 Å². The van der Waals surface area contributed by atoms with Crippen molar-refractivity contribution in [3.05, 3.63) is 68.3 Å². The summed E-state index contributed by atoms with van der Waals surface area (Å²) >= 11 is 8.14. The van der Waals surface area contributed by atoms with Gasteiger partial charge in [-0.2, -0.15) is 0 Å². The zero-order chi connectivity index (χ0) is 13.8. The molecule has 98 valence electrons. The summed E-state index contributed by atoms with van der Waals surface area (Å²) in [5.74, 6) is -0.0778. The van der Waals surface area contributed by atoms with Crippen molar-refractivity contribution in [2.45, 2.75) is 13.0 Å². The molecule has 0 aliphatic rings. The molecule has 0 spiro atoms. The lowest BCUT2D eigenvalue weighted by Crippen LogP contribution is -2.26. The van der Waals surface area contributed by atoms with Gasteiger partial charge >= 0.3 is 0 Å². The number of amides is 1. The minimum atomic E-state index is -0.0796. The number of benzene rings is 2. The smallest absolute Gasteiger partial charge is 0.251 e. The summed E-state index contributed by atoms with van der Waals surface area (Å²) < 4.78 is 1.04. The van der Waals surface area contributed by atoms with Crippen LogP contribution in [0, 0.1) is 3.57 Å². The molecule has 19 heavy (non-hydrogen) atoms. The van der Waals surface area contributed by atoms with Crippen molar-refractivity contribution in [3.8, 4) is 0 Å². The van der Waals surface area contributed by atoms with Gasteiger partial charge in [-0.1, -0.05) is 29.8 Å². The highest BCUT2D eigenvalue weighted by Gasteiger charge is 2.11. The highest BCUT2D eigenvalue weighted by Crippen LogP contribution is 2.18. The summed E-state index contributed by atoms with van der Waals surface area (Å²) in [6, 6.07) is 14.9. The van der Waals surface area contributed by atoms with Crippen molar-refractivity contribution >= 4 is 40.1 Å². The van der Waals surface area contributed by atoms with E-state index in [0.29, 0.717) is 10.6 Å². The molecule has 0 aromatic heterocycles. The van der Waals surface area contributed by atoms with Crippen LogP contribution < -0.4 is 5.32 Å². The van der Waals surface area contributed by atoms with Gasteiger partial charge in [-0.15, -0.1) is 0 Å². The van der Waals surface area contributed by atoms with Crippen molar-refractivity contribution in [1.29, 1.82) is 0 Å². The Morgan fingerprint density at radius 1 is 1.21 bits per heavy atom. The quantitative estimate of drug-likeness (QED) is 0.778. The van der Waals surface area contributed by atoms with Crippen molar-refractivity contribution in [2.24, 2.45) is 0 Å². The first-order valence-electron chi connectivity index (χ1n) is 5.88. The third-order valence-corrected chi connectivity index (χ3v) is 3.69. The van der Waals surface area contributed by atoms with E-state index in [0.717, 1.165) is 9.13 Å². The molecule has 1 amide bonds. The van der Waals surface area contributed by atoms with Crippen molar-refractivity contribution in [1.82, 2.24) is 5.32 Å². The summed E-state index contributed by atoms with van der Waals surface area (Å²) in [6.07, 6.45) is 0. The van der Waals surface area contributed by atoms with Crippen LogP contribution in [-0.2, 0) is 0 Å². The normalized spacial score (nSPS) is 11.9. The lowest BCUT2D eigenvalue weighted by atomic mass is 10.1. The van der Waals surface area contributed by atoms with Crippen LogP contribution in [0.2, 0.25) is 5.02 Å². The summed E-state index contributed by atoms with van der Waals surface area (Å²) in [6.45, 7) is 1.94. The van der Waals surface area contributed by atoms with Crippen molar-refractivity contribution < 1.29 is 4.79 Å². The monoisotopic (exact) mass is 385 g/mol. The van der Waals surface area contributed by atoms with Crippen molar-refractivity contribution in [3.63, 3.8) is 0 Å². The van der Waals surface area contributed by atoms with Crippen LogP contribution in [0.4, 0.5) is 0 Å². The molecule has 0 bridgehead atoms. The maximum absolute atomic E-state index is 12.1. The van der Waals surface area contributed by atoms with E-state index in [1.807, 2.05) is 55.5 Å². The predicted octanol–water partition coefficient (Wildman–Crippen LogP) is 4.44. The first-order valence-corrected chi connectivity index (χ1v) is 7.34. The third-order valence-electron chi connectivity index (χ3n) is 2.78. The number of nitrogens with one attached hydrogen (secondary N) is 1. The Labute approximate surface area is 131 Å². The molecule has 2 aromatic rings. The molecule has 0 aliphatic heterocycles. The molecule has 2 rings (SSSR count). The number of carbonyl (C=O) groups excluding carboxylic acids is 1. The van der Waals surface area contributed by atoms with Crippen LogP contribution in [0.3, 0.4) is 0 Å². The minimum absolute atomic E-state index is 0.0778. The zero-order valence-corrected chi connectivity index (χ0v) is 13.3. The average molecular weight is 386 g/mol.